The van der Waals surface area contributed by atoms with Crippen molar-refractivity contribution in [2.24, 2.45) is 0 Å². The van der Waals surface area contributed by atoms with Crippen molar-refractivity contribution in [3.8, 4) is 0 Å². The van der Waals surface area contributed by atoms with Gasteiger partial charge in [0.2, 0.25) is 5.91 Å². The normalized spacial score (nSPS) is 9.43. The monoisotopic (exact) mass is 335 g/mol. The number of aliphatic carboxylic acids is 1. The molecule has 0 aliphatic carbocycles. The number of hydrogen-bond donors (Lipinski definition) is 1. The molecule has 0 radical (unpaired) electrons. The molecular weight excluding hydrogens is 304 g/mol. The summed E-state index contributed by atoms with van der Waals surface area (Å²) in [6.45, 7) is 2.02. The van der Waals surface area contributed by atoms with Crippen molar-refractivity contribution in [3.05, 3.63) is 0 Å². The standard InChI is InChI=1S/C15H29NO3.K.Na.2H/c1-3-4-5-6-7-8-9-10-11-12-14(17)16(2)13-15(18)19;;;;/h3-13H2,1-2H3,(H,18,19);;;;. The Morgan fingerprint density at radius 1 is 0.905 bits per heavy atom. The third-order valence-electron chi connectivity index (χ3n) is 3.29. The summed E-state index contributed by atoms with van der Waals surface area (Å²) in [5, 5.41) is 8.57. The third kappa shape index (κ3) is 19.5. The Hall–Kier alpha value is 1.58. The summed E-state index contributed by atoms with van der Waals surface area (Å²) < 4.78 is 0. The molecule has 0 unspecified atom stereocenters. The zero-order valence-corrected chi connectivity index (χ0v) is 12.5. The SMILES string of the molecule is CCCCCCCCCCCC(=O)N(C)CC(=O)O.[KH].[NaH]. The van der Waals surface area contributed by atoms with Crippen molar-refractivity contribution in [2.75, 3.05) is 13.6 Å². The summed E-state index contributed by atoms with van der Waals surface area (Å²) >= 11 is 0. The molecule has 116 valence electrons. The van der Waals surface area contributed by atoms with Gasteiger partial charge in [-0.1, -0.05) is 58.3 Å². The van der Waals surface area contributed by atoms with Crippen LogP contribution >= 0.6 is 0 Å². The molecule has 0 heterocycles. The van der Waals surface area contributed by atoms with Crippen molar-refractivity contribution in [2.45, 2.75) is 71.1 Å². The number of carboxylic acids is 1. The molecule has 0 fully saturated rings. The zero-order valence-electron chi connectivity index (χ0n) is 12.5. The van der Waals surface area contributed by atoms with Crippen LogP contribution in [0.5, 0.6) is 0 Å². The fourth-order valence-corrected chi connectivity index (χ4v) is 2.07. The Morgan fingerprint density at radius 2 is 1.33 bits per heavy atom. The number of nitrogens with zero attached hydrogens (tertiary/aromatic N) is 1. The van der Waals surface area contributed by atoms with Crippen LogP contribution in [-0.4, -0.2) is 116 Å². The molecule has 0 bridgehead atoms. The summed E-state index contributed by atoms with van der Waals surface area (Å²) in [4.78, 5) is 23.3. The van der Waals surface area contributed by atoms with Gasteiger partial charge in [0.25, 0.3) is 0 Å². The molecule has 0 aromatic rings. The van der Waals surface area contributed by atoms with Crippen molar-refractivity contribution in [1.82, 2.24) is 4.90 Å². The van der Waals surface area contributed by atoms with E-state index in [0.29, 0.717) is 6.42 Å². The number of hydrogen-bond acceptors (Lipinski definition) is 2. The molecule has 0 aromatic heterocycles. The van der Waals surface area contributed by atoms with E-state index in [0.717, 1.165) is 12.8 Å². The average molecular weight is 336 g/mol. The van der Waals surface area contributed by atoms with Gasteiger partial charge in [0, 0.05) is 13.5 Å². The van der Waals surface area contributed by atoms with Crippen LogP contribution in [0.1, 0.15) is 71.1 Å². The van der Waals surface area contributed by atoms with Crippen molar-refractivity contribution < 1.29 is 14.7 Å². The van der Waals surface area contributed by atoms with Gasteiger partial charge in [0.1, 0.15) is 6.54 Å². The number of rotatable bonds is 12. The Bertz CT molecular complexity index is 265. The van der Waals surface area contributed by atoms with Crippen LogP contribution in [0.4, 0.5) is 0 Å². The molecule has 6 heteroatoms. The Kier molecular flexibility index (Phi) is 25.6. The van der Waals surface area contributed by atoms with Gasteiger partial charge in [0.15, 0.2) is 0 Å². The van der Waals surface area contributed by atoms with E-state index in [1.165, 1.54) is 49.8 Å². The van der Waals surface area contributed by atoms with E-state index >= 15 is 0 Å². The summed E-state index contributed by atoms with van der Waals surface area (Å²) in [7, 11) is 1.55. The molecule has 0 aromatic carbocycles. The third-order valence-corrected chi connectivity index (χ3v) is 3.29. The number of carbonyl (C=O) groups is 2. The van der Waals surface area contributed by atoms with E-state index in [9.17, 15) is 9.59 Å². The molecule has 21 heavy (non-hydrogen) atoms. The minimum absolute atomic E-state index is 0. The van der Waals surface area contributed by atoms with Gasteiger partial charge >= 0.3 is 86.9 Å². The zero-order chi connectivity index (χ0) is 14.5. The van der Waals surface area contributed by atoms with Crippen LogP contribution in [0.3, 0.4) is 0 Å². The number of carboxylic acid groups (broad SMARTS) is 1. The van der Waals surface area contributed by atoms with Crippen molar-refractivity contribution in [1.29, 1.82) is 0 Å². The first-order valence-corrected chi connectivity index (χ1v) is 7.53. The van der Waals surface area contributed by atoms with Crippen LogP contribution in [0.25, 0.3) is 0 Å². The molecule has 0 aliphatic heterocycles. The van der Waals surface area contributed by atoms with E-state index in [1.54, 1.807) is 7.05 Å². The van der Waals surface area contributed by atoms with E-state index in [1.807, 2.05) is 0 Å². The predicted octanol–water partition coefficient (Wildman–Crippen LogP) is 2.15. The second-order valence-corrected chi connectivity index (χ2v) is 5.22. The Morgan fingerprint density at radius 3 is 1.76 bits per heavy atom. The molecular formula is C15H31KNNaO3. The maximum absolute atomic E-state index is 11.5. The molecule has 0 saturated carbocycles. The fourth-order valence-electron chi connectivity index (χ4n) is 2.07. The molecule has 0 rings (SSSR count). The van der Waals surface area contributed by atoms with Gasteiger partial charge in [0.05, 0.1) is 0 Å². The van der Waals surface area contributed by atoms with E-state index < -0.39 is 5.97 Å². The molecule has 1 N–H and O–H groups in total. The Balaban J connectivity index is -0.00000162. The van der Waals surface area contributed by atoms with Gasteiger partial charge in [-0.3, -0.25) is 9.59 Å². The first-order valence-electron chi connectivity index (χ1n) is 7.53. The fraction of sp³-hybridized carbons (Fsp3) is 0.867. The minimum atomic E-state index is -0.956. The average Bonchev–Trinajstić information content (AvgIpc) is 2.35. The number of unbranched alkanes of at least 4 members (excludes halogenated alkanes) is 8. The van der Waals surface area contributed by atoms with E-state index in [2.05, 4.69) is 6.92 Å². The van der Waals surface area contributed by atoms with Gasteiger partial charge < -0.3 is 10.0 Å². The second kappa shape index (κ2) is 19.6. The van der Waals surface area contributed by atoms with Crippen LogP contribution < -0.4 is 0 Å². The van der Waals surface area contributed by atoms with Gasteiger partial charge in [-0.15, -0.1) is 0 Å². The first kappa shape index (κ1) is 27.4. The van der Waals surface area contributed by atoms with Crippen LogP contribution in [0.15, 0.2) is 0 Å². The molecule has 0 spiro atoms. The molecule has 0 saturated heterocycles. The summed E-state index contributed by atoms with van der Waals surface area (Å²) in [5.41, 5.74) is 0. The van der Waals surface area contributed by atoms with Gasteiger partial charge in [-0.05, 0) is 6.42 Å². The topological polar surface area (TPSA) is 57.6 Å². The van der Waals surface area contributed by atoms with Crippen LogP contribution in [0, 0.1) is 0 Å². The molecule has 1 amide bonds. The second-order valence-electron chi connectivity index (χ2n) is 5.22. The van der Waals surface area contributed by atoms with Crippen molar-refractivity contribution in [3.63, 3.8) is 0 Å². The summed E-state index contributed by atoms with van der Waals surface area (Å²) in [6, 6.07) is 0. The molecule has 4 nitrogen and oxygen atoms in total. The molecule has 0 aliphatic rings. The van der Waals surface area contributed by atoms with Gasteiger partial charge in [-0.25, -0.2) is 0 Å². The van der Waals surface area contributed by atoms with Crippen LogP contribution in [0.2, 0.25) is 0 Å². The molecule has 0 atom stereocenters. The quantitative estimate of drug-likeness (QED) is 0.439. The van der Waals surface area contributed by atoms with Crippen molar-refractivity contribution >= 4 is 92.8 Å². The summed E-state index contributed by atoms with van der Waals surface area (Å²) in [6.07, 6.45) is 11.4. The van der Waals surface area contributed by atoms with E-state index in [4.69, 9.17) is 5.11 Å². The number of carbonyl (C=O) groups excluding carboxylic acids is 1. The predicted molar refractivity (Wildman–Crippen MR) is 91.4 cm³/mol. The van der Waals surface area contributed by atoms with E-state index in [-0.39, 0.29) is 93.4 Å². The van der Waals surface area contributed by atoms with Crippen LogP contribution in [-0.2, 0) is 9.59 Å². The Labute approximate surface area is 194 Å². The summed E-state index contributed by atoms with van der Waals surface area (Å²) in [5.74, 6) is -1.02. The van der Waals surface area contributed by atoms with Gasteiger partial charge in [-0.2, -0.15) is 0 Å². The maximum atomic E-state index is 11.5. The number of likely N-dealkylation sites (N-methyl/N-ethyl adjacent to an activating group) is 1. The first-order chi connectivity index (χ1) is 9.07. The number of amides is 1.